The zero-order chi connectivity index (χ0) is 15.5. The molecule has 7 nitrogen and oxygen atoms in total. The fourth-order valence-corrected chi connectivity index (χ4v) is 3.78. The first-order valence-corrected chi connectivity index (χ1v) is 7.48. The smallest absolute Gasteiger partial charge is 0.330 e. The molecule has 1 aromatic heterocycles. The largest absolute Gasteiger partial charge is 0.369 e. The minimum atomic E-state index is -1.38. The molecule has 0 bridgehead atoms. The molecule has 1 fully saturated rings. The molecule has 2 N–H and O–H groups in total. The Bertz CT molecular complexity index is 627. The minimum Gasteiger partial charge on any atom is -0.369 e. The standard InChI is InChI=1S/C13H17N3O4S/c1-13(2)4-6-8(7(17)5-13)21-11(14-6)16-10(19)9(18)15(3)12(16)20/h9-10,18-19H,4-5H2,1-3H3. The van der Waals surface area contributed by atoms with Crippen LogP contribution >= 0.6 is 11.3 Å². The Kier molecular flexibility index (Phi) is 3.09. The molecule has 2 atom stereocenters. The molecule has 2 heterocycles. The summed E-state index contributed by atoms with van der Waals surface area (Å²) in [6.07, 6.45) is -1.58. The van der Waals surface area contributed by atoms with Crippen LogP contribution in [-0.2, 0) is 6.42 Å². The summed E-state index contributed by atoms with van der Waals surface area (Å²) < 4.78 is 0. The first-order chi connectivity index (χ1) is 9.71. The third-order valence-corrected chi connectivity index (χ3v) is 5.00. The zero-order valence-electron chi connectivity index (χ0n) is 12.0. The van der Waals surface area contributed by atoms with E-state index in [4.69, 9.17) is 0 Å². The van der Waals surface area contributed by atoms with Gasteiger partial charge in [0.1, 0.15) is 0 Å². The number of hydrogen-bond donors (Lipinski definition) is 2. The van der Waals surface area contributed by atoms with Crippen molar-refractivity contribution in [3.05, 3.63) is 10.6 Å². The topological polar surface area (TPSA) is 94.0 Å². The van der Waals surface area contributed by atoms with Gasteiger partial charge in [-0.25, -0.2) is 14.7 Å². The first kappa shape index (κ1) is 14.4. The van der Waals surface area contributed by atoms with E-state index >= 15 is 0 Å². The first-order valence-electron chi connectivity index (χ1n) is 6.66. The fourth-order valence-electron chi connectivity index (χ4n) is 2.74. The van der Waals surface area contributed by atoms with Crippen molar-refractivity contribution in [3.63, 3.8) is 0 Å². The molecule has 0 spiro atoms. The molecule has 1 aliphatic carbocycles. The molecule has 1 aromatic rings. The lowest BCUT2D eigenvalue weighted by Crippen LogP contribution is -2.36. The quantitative estimate of drug-likeness (QED) is 0.800. The van der Waals surface area contributed by atoms with Crippen molar-refractivity contribution in [3.8, 4) is 0 Å². The van der Waals surface area contributed by atoms with Crippen molar-refractivity contribution >= 4 is 28.3 Å². The van der Waals surface area contributed by atoms with Gasteiger partial charge in [0, 0.05) is 13.5 Å². The van der Waals surface area contributed by atoms with Gasteiger partial charge in [0.15, 0.2) is 23.4 Å². The normalized spacial score (nSPS) is 28.2. The van der Waals surface area contributed by atoms with Crippen molar-refractivity contribution in [2.24, 2.45) is 5.41 Å². The second-order valence-corrected chi connectivity index (χ2v) is 7.28. The summed E-state index contributed by atoms with van der Waals surface area (Å²) in [6.45, 7) is 4.00. The molecule has 0 radical (unpaired) electrons. The van der Waals surface area contributed by atoms with E-state index < -0.39 is 18.5 Å². The van der Waals surface area contributed by atoms with Crippen LogP contribution in [0.3, 0.4) is 0 Å². The van der Waals surface area contributed by atoms with Crippen LogP contribution in [0.4, 0.5) is 9.93 Å². The predicted octanol–water partition coefficient (Wildman–Crippen LogP) is 0.807. The lowest BCUT2D eigenvalue weighted by molar-refractivity contribution is -0.0182. The third kappa shape index (κ3) is 2.14. The number of aliphatic hydroxyl groups is 2. The van der Waals surface area contributed by atoms with Gasteiger partial charge in [-0.2, -0.15) is 0 Å². The van der Waals surface area contributed by atoms with Gasteiger partial charge in [-0.1, -0.05) is 25.2 Å². The highest BCUT2D eigenvalue weighted by Crippen LogP contribution is 2.40. The van der Waals surface area contributed by atoms with Crippen LogP contribution < -0.4 is 4.90 Å². The minimum absolute atomic E-state index is 0.0139. The second-order valence-electron chi connectivity index (χ2n) is 6.30. The maximum absolute atomic E-state index is 12.2. The fraction of sp³-hybridized carbons (Fsp3) is 0.615. The van der Waals surface area contributed by atoms with E-state index in [-0.39, 0.29) is 16.3 Å². The van der Waals surface area contributed by atoms with Crippen LogP contribution in [0.25, 0.3) is 0 Å². The molecule has 0 saturated carbocycles. The number of carbonyl (C=O) groups excluding carboxylic acids is 2. The Hall–Kier alpha value is -1.51. The van der Waals surface area contributed by atoms with Crippen LogP contribution in [0.1, 0.15) is 35.6 Å². The predicted molar refractivity (Wildman–Crippen MR) is 76.2 cm³/mol. The van der Waals surface area contributed by atoms with Crippen LogP contribution in [0.15, 0.2) is 0 Å². The van der Waals surface area contributed by atoms with Crippen LogP contribution in [-0.4, -0.2) is 51.4 Å². The molecular formula is C13H17N3O4S. The van der Waals surface area contributed by atoms with Crippen molar-refractivity contribution in [1.82, 2.24) is 9.88 Å². The Labute approximate surface area is 125 Å². The Morgan fingerprint density at radius 3 is 2.48 bits per heavy atom. The number of hydrogen-bond acceptors (Lipinski definition) is 6. The van der Waals surface area contributed by atoms with Gasteiger partial charge in [0.2, 0.25) is 0 Å². The molecule has 114 valence electrons. The number of carbonyl (C=O) groups is 2. The number of ketones is 1. The number of anilines is 1. The molecule has 2 aliphatic rings. The average molecular weight is 311 g/mol. The number of likely N-dealkylation sites (N-methyl/N-ethyl adjacent to an activating group) is 1. The summed E-state index contributed by atoms with van der Waals surface area (Å²) in [5, 5.41) is 20.0. The maximum atomic E-state index is 12.2. The van der Waals surface area contributed by atoms with Gasteiger partial charge >= 0.3 is 6.03 Å². The van der Waals surface area contributed by atoms with Crippen molar-refractivity contribution in [2.75, 3.05) is 11.9 Å². The van der Waals surface area contributed by atoms with Gasteiger partial charge < -0.3 is 10.2 Å². The van der Waals surface area contributed by atoms with Gasteiger partial charge in [-0.15, -0.1) is 0 Å². The lowest BCUT2D eigenvalue weighted by atomic mass is 9.78. The molecule has 0 aromatic carbocycles. The summed E-state index contributed by atoms with van der Waals surface area (Å²) in [6, 6.07) is -0.534. The number of rotatable bonds is 1. The van der Waals surface area contributed by atoms with E-state index in [9.17, 15) is 19.8 Å². The van der Waals surface area contributed by atoms with Crippen LogP contribution in [0, 0.1) is 5.41 Å². The van der Waals surface area contributed by atoms with E-state index in [0.29, 0.717) is 23.4 Å². The number of aromatic nitrogens is 1. The van der Waals surface area contributed by atoms with E-state index in [1.54, 1.807) is 0 Å². The zero-order valence-corrected chi connectivity index (χ0v) is 12.8. The van der Waals surface area contributed by atoms with Crippen molar-refractivity contribution in [2.45, 2.75) is 39.1 Å². The van der Waals surface area contributed by atoms with Crippen molar-refractivity contribution < 1.29 is 19.8 Å². The number of amides is 2. The second kappa shape index (κ2) is 4.49. The van der Waals surface area contributed by atoms with Crippen molar-refractivity contribution in [1.29, 1.82) is 0 Å². The lowest BCUT2D eigenvalue weighted by Gasteiger charge is -2.26. The molecule has 1 aliphatic heterocycles. The monoisotopic (exact) mass is 311 g/mol. The summed E-state index contributed by atoms with van der Waals surface area (Å²) >= 11 is 1.10. The summed E-state index contributed by atoms with van der Waals surface area (Å²) in [5.74, 6) is 0.0139. The SMILES string of the molecule is CN1C(=O)N(c2nc3c(s2)C(=O)CC(C)(C)C3)C(O)C1O. The molecule has 2 unspecified atom stereocenters. The number of aliphatic hydroxyl groups excluding tert-OH is 2. The number of urea groups is 1. The maximum Gasteiger partial charge on any atom is 0.330 e. The van der Waals surface area contributed by atoms with Gasteiger partial charge in [0.05, 0.1) is 10.6 Å². The van der Waals surface area contributed by atoms with Gasteiger partial charge in [-0.05, 0) is 11.8 Å². The molecule has 2 amide bonds. The van der Waals surface area contributed by atoms with Gasteiger partial charge in [0.25, 0.3) is 0 Å². The number of thiazole rings is 1. The van der Waals surface area contributed by atoms with E-state index in [1.807, 2.05) is 13.8 Å². The average Bonchev–Trinajstić information content (AvgIpc) is 2.85. The Morgan fingerprint density at radius 2 is 1.90 bits per heavy atom. The van der Waals surface area contributed by atoms with E-state index in [2.05, 4.69) is 4.98 Å². The Balaban J connectivity index is 2.00. The van der Waals surface area contributed by atoms with E-state index in [0.717, 1.165) is 21.1 Å². The van der Waals surface area contributed by atoms with Gasteiger partial charge in [-0.3, -0.25) is 9.69 Å². The molecule has 3 rings (SSSR count). The summed E-state index contributed by atoms with van der Waals surface area (Å²) in [7, 11) is 1.40. The number of nitrogens with zero attached hydrogens (tertiary/aromatic N) is 3. The number of fused-ring (bicyclic) bond motifs is 1. The Morgan fingerprint density at radius 1 is 1.24 bits per heavy atom. The molecule has 21 heavy (non-hydrogen) atoms. The number of Topliss-reactive ketones (excluding diaryl/α,β-unsaturated/α-hetero) is 1. The molecule has 8 heteroatoms. The van der Waals surface area contributed by atoms with Crippen LogP contribution in [0.2, 0.25) is 0 Å². The highest BCUT2D eigenvalue weighted by atomic mass is 32.1. The summed E-state index contributed by atoms with van der Waals surface area (Å²) in [5.41, 5.74) is 0.514. The van der Waals surface area contributed by atoms with E-state index in [1.165, 1.54) is 7.05 Å². The highest BCUT2D eigenvalue weighted by molar-refractivity contribution is 7.17. The van der Waals surface area contributed by atoms with Crippen LogP contribution in [0.5, 0.6) is 0 Å². The molecular weight excluding hydrogens is 294 g/mol. The third-order valence-electron chi connectivity index (χ3n) is 3.87. The molecule has 1 saturated heterocycles. The summed E-state index contributed by atoms with van der Waals surface area (Å²) in [4.78, 5) is 31.2. The highest BCUT2D eigenvalue weighted by Gasteiger charge is 2.45.